The van der Waals surface area contributed by atoms with Crippen LogP contribution in [-0.2, 0) is 9.63 Å². The molecule has 1 heterocycles. The number of rotatable bonds is 6. The van der Waals surface area contributed by atoms with Gasteiger partial charge in [0.25, 0.3) is 0 Å². The maximum absolute atomic E-state index is 12.4. The number of hydroxylamine groups is 2. The van der Waals surface area contributed by atoms with Crippen molar-refractivity contribution in [2.24, 2.45) is 0 Å². The molecule has 27 heavy (non-hydrogen) atoms. The van der Waals surface area contributed by atoms with Gasteiger partial charge in [-0.25, -0.2) is 0 Å². The molecule has 6 nitrogen and oxygen atoms in total. The third-order valence-corrected chi connectivity index (χ3v) is 8.49. The van der Waals surface area contributed by atoms with E-state index in [2.05, 4.69) is 6.58 Å². The van der Waals surface area contributed by atoms with Crippen molar-refractivity contribution in [3.63, 3.8) is 0 Å². The van der Waals surface area contributed by atoms with Crippen LogP contribution in [0.2, 0.25) is 0 Å². The van der Waals surface area contributed by atoms with Crippen LogP contribution in [0.15, 0.2) is 72.6 Å². The van der Waals surface area contributed by atoms with E-state index in [0.29, 0.717) is 18.4 Å². The molecule has 1 amide bonds. The summed E-state index contributed by atoms with van der Waals surface area (Å²) in [6, 6.07) is 19.6. The third kappa shape index (κ3) is 3.69. The van der Waals surface area contributed by atoms with Gasteiger partial charge in [0.2, 0.25) is 0 Å². The van der Waals surface area contributed by atoms with Crippen LogP contribution >= 0.6 is 7.79 Å². The summed E-state index contributed by atoms with van der Waals surface area (Å²) in [5.74, 6) is -0.239. The second kappa shape index (κ2) is 8.09. The number of nitrogens with zero attached hydrogens (tertiary/aromatic N) is 3. The van der Waals surface area contributed by atoms with E-state index in [1.807, 2.05) is 70.0 Å². The van der Waals surface area contributed by atoms with Gasteiger partial charge in [-0.1, -0.05) is 0 Å². The Balaban J connectivity index is 1.99. The molecule has 144 valence electrons. The van der Waals surface area contributed by atoms with E-state index in [1.54, 1.807) is 7.05 Å². The molecule has 0 atom stereocenters. The van der Waals surface area contributed by atoms with Crippen LogP contribution in [0.5, 0.6) is 0 Å². The summed E-state index contributed by atoms with van der Waals surface area (Å²) in [4.78, 5) is 29.3. The Morgan fingerprint density at radius 1 is 1.07 bits per heavy atom. The number of benzene rings is 2. The first-order valence-electron chi connectivity index (χ1n) is 8.85. The molecule has 0 saturated carbocycles. The molecule has 1 fully saturated rings. The minimum absolute atomic E-state index is 0.0275. The number of para-hydroxylation sites is 2. The molecule has 0 aromatic heterocycles. The van der Waals surface area contributed by atoms with Crippen molar-refractivity contribution in [1.29, 1.82) is 0 Å². The molecule has 3 rings (SSSR count). The maximum atomic E-state index is 12.4. The Bertz CT molecular complexity index is 753. The quantitative estimate of drug-likeness (QED) is 0.608. The Morgan fingerprint density at radius 3 is 1.93 bits per heavy atom. The van der Waals surface area contributed by atoms with E-state index in [4.69, 9.17) is 4.84 Å². The number of carbonyl (C=O) groups is 1. The molecule has 0 aliphatic carbocycles. The van der Waals surface area contributed by atoms with Crippen LogP contribution < -0.4 is 9.34 Å². The third-order valence-electron chi connectivity index (χ3n) is 4.90. The molecule has 0 bridgehead atoms. The van der Waals surface area contributed by atoms with Crippen molar-refractivity contribution in [2.45, 2.75) is 6.42 Å². The van der Waals surface area contributed by atoms with Crippen LogP contribution in [-0.4, -0.2) is 43.1 Å². The minimum atomic E-state index is -3.38. The second-order valence-corrected chi connectivity index (χ2v) is 9.52. The van der Waals surface area contributed by atoms with Gasteiger partial charge in [-0.05, 0) is 0 Å². The predicted molar refractivity (Wildman–Crippen MR) is 112 cm³/mol. The Labute approximate surface area is 160 Å². The average Bonchev–Trinajstić information content (AvgIpc) is 3.07. The van der Waals surface area contributed by atoms with Crippen LogP contribution in [0, 0.1) is 0 Å². The fourth-order valence-electron chi connectivity index (χ4n) is 3.39. The van der Waals surface area contributed by atoms with Crippen molar-refractivity contribution < 1.29 is 14.5 Å². The molecule has 0 unspecified atom stereocenters. The van der Waals surface area contributed by atoms with Gasteiger partial charge in [0.15, 0.2) is 0 Å². The fourth-order valence-corrected chi connectivity index (χ4v) is 6.67. The van der Waals surface area contributed by atoms with Gasteiger partial charge in [-0.2, -0.15) is 0 Å². The molecular weight excluding hydrogens is 361 g/mol. The molecule has 0 spiro atoms. The van der Waals surface area contributed by atoms with E-state index < -0.39 is 7.79 Å². The van der Waals surface area contributed by atoms with Gasteiger partial charge in [0.1, 0.15) is 0 Å². The number of amides is 1. The normalized spacial score (nSPS) is 16.9. The summed E-state index contributed by atoms with van der Waals surface area (Å²) in [6.07, 6.45) is 0.0275. The van der Waals surface area contributed by atoms with Crippen molar-refractivity contribution in [2.75, 3.05) is 36.6 Å². The summed E-state index contributed by atoms with van der Waals surface area (Å²) in [5, 5.41) is 1.69. The van der Waals surface area contributed by atoms with Gasteiger partial charge in [0, 0.05) is 0 Å². The zero-order chi connectivity index (χ0) is 19.4. The molecule has 1 aliphatic rings. The molecular formula is C20H26N3O3P. The monoisotopic (exact) mass is 387 g/mol. The van der Waals surface area contributed by atoms with Crippen molar-refractivity contribution in [1.82, 2.24) is 5.06 Å². The first-order chi connectivity index (χ1) is 13.0. The standard InChI is InChI=1S/C20H26N3O3P/c1-17(16-20(24)21(2)26-3)27(25)22(18-10-6-4-7-11-18)14-15-23(27)19-12-8-5-9-13-19/h4-13,25,27H,1,14-16H2,2-3H3. The Hall–Kier alpha value is -2.40. The summed E-state index contributed by atoms with van der Waals surface area (Å²) in [5.41, 5.74) is 1.86. The zero-order valence-corrected chi connectivity index (χ0v) is 16.7. The molecule has 2 aromatic carbocycles. The molecule has 1 N–H and O–H groups in total. The molecule has 7 heteroatoms. The van der Waals surface area contributed by atoms with Crippen LogP contribution in [0.4, 0.5) is 11.4 Å². The van der Waals surface area contributed by atoms with Crippen molar-refractivity contribution in [3.8, 4) is 0 Å². The molecule has 0 radical (unpaired) electrons. The van der Waals surface area contributed by atoms with Crippen LogP contribution in [0.1, 0.15) is 6.42 Å². The van der Waals surface area contributed by atoms with Gasteiger partial charge in [-0.15, -0.1) is 0 Å². The van der Waals surface area contributed by atoms with Gasteiger partial charge < -0.3 is 0 Å². The van der Waals surface area contributed by atoms with E-state index in [0.717, 1.165) is 16.4 Å². The van der Waals surface area contributed by atoms with E-state index >= 15 is 0 Å². The van der Waals surface area contributed by atoms with Crippen molar-refractivity contribution >= 4 is 25.1 Å². The van der Waals surface area contributed by atoms with Gasteiger partial charge in [-0.3, -0.25) is 0 Å². The summed E-state index contributed by atoms with van der Waals surface area (Å²) in [7, 11) is -0.388. The van der Waals surface area contributed by atoms with Crippen LogP contribution in [0.25, 0.3) is 0 Å². The predicted octanol–water partition coefficient (Wildman–Crippen LogP) is 3.42. The first kappa shape index (κ1) is 19.4. The topological polar surface area (TPSA) is 56.3 Å². The van der Waals surface area contributed by atoms with Gasteiger partial charge in [0.05, 0.1) is 0 Å². The average molecular weight is 387 g/mol. The Morgan fingerprint density at radius 2 is 1.52 bits per heavy atom. The van der Waals surface area contributed by atoms with Gasteiger partial charge >= 0.3 is 160 Å². The van der Waals surface area contributed by atoms with E-state index in [9.17, 15) is 9.69 Å². The van der Waals surface area contributed by atoms with Crippen LogP contribution in [0.3, 0.4) is 0 Å². The number of carbonyl (C=O) groups excluding carboxylic acids is 1. The Kier molecular flexibility index (Phi) is 5.80. The summed E-state index contributed by atoms with van der Waals surface area (Å²) >= 11 is 0. The SMILES string of the molecule is C=C(CC(=O)N(C)OC)[PH]1(O)N(c2ccccc2)CCN1c1ccccc1. The summed E-state index contributed by atoms with van der Waals surface area (Å²) < 4.78 is 4.03. The van der Waals surface area contributed by atoms with Crippen molar-refractivity contribution in [3.05, 3.63) is 72.6 Å². The molecule has 1 aliphatic heterocycles. The number of hydrogen-bond donors (Lipinski definition) is 1. The molecule has 2 aromatic rings. The number of hydrogen-bond acceptors (Lipinski definition) is 5. The number of anilines is 2. The second-order valence-electron chi connectivity index (χ2n) is 6.46. The molecule has 1 saturated heterocycles. The fraction of sp³-hybridized carbons (Fsp3) is 0.250. The van der Waals surface area contributed by atoms with E-state index in [-0.39, 0.29) is 12.3 Å². The zero-order valence-electron chi connectivity index (χ0n) is 15.7. The van der Waals surface area contributed by atoms with E-state index in [1.165, 1.54) is 7.11 Å². The summed E-state index contributed by atoms with van der Waals surface area (Å²) in [6.45, 7) is 5.47. The first-order valence-corrected chi connectivity index (χ1v) is 10.7.